The van der Waals surface area contributed by atoms with E-state index in [9.17, 15) is 22.8 Å². The number of oxime groups is 1. The second-order valence-electron chi connectivity index (χ2n) is 9.11. The number of anilines is 1. The third-order valence-electron chi connectivity index (χ3n) is 7.47. The number of hydrogen-bond acceptors (Lipinski definition) is 4. The van der Waals surface area contributed by atoms with E-state index < -0.39 is 35.4 Å². The van der Waals surface area contributed by atoms with E-state index in [1.165, 1.54) is 12.1 Å². The van der Waals surface area contributed by atoms with Crippen molar-refractivity contribution in [3.8, 4) is 0 Å². The summed E-state index contributed by atoms with van der Waals surface area (Å²) in [4.78, 5) is 33.3. The Morgan fingerprint density at radius 1 is 0.969 bits per heavy atom. The first-order valence-electron chi connectivity index (χ1n) is 10.6. The number of alkyl halides is 3. The number of imide groups is 1. The Balaban J connectivity index is 1.34. The lowest BCUT2D eigenvalue weighted by Gasteiger charge is -2.29. The van der Waals surface area contributed by atoms with Gasteiger partial charge in [0.15, 0.2) is 0 Å². The summed E-state index contributed by atoms with van der Waals surface area (Å²) < 4.78 is 39.5. The maximum atomic E-state index is 13.4. The van der Waals surface area contributed by atoms with Gasteiger partial charge in [-0.1, -0.05) is 41.1 Å². The third kappa shape index (κ3) is 2.55. The molecule has 4 aliphatic rings. The summed E-state index contributed by atoms with van der Waals surface area (Å²) in [6, 6.07) is 12.3. The van der Waals surface area contributed by atoms with E-state index in [0.29, 0.717) is 6.42 Å². The van der Waals surface area contributed by atoms with Crippen molar-refractivity contribution in [2.24, 2.45) is 34.7 Å². The van der Waals surface area contributed by atoms with Crippen LogP contribution in [0.3, 0.4) is 0 Å². The van der Waals surface area contributed by atoms with Gasteiger partial charge in [0.25, 0.3) is 0 Å². The largest absolute Gasteiger partial charge is 0.416 e. The van der Waals surface area contributed by atoms with E-state index in [1.54, 1.807) is 0 Å². The second-order valence-corrected chi connectivity index (χ2v) is 9.11. The molecule has 2 bridgehead atoms. The number of hydrogen-bond donors (Lipinski definition) is 0. The molecular weight excluding hydrogens is 421 g/mol. The van der Waals surface area contributed by atoms with Crippen LogP contribution >= 0.6 is 0 Å². The topological polar surface area (TPSA) is 59.0 Å². The van der Waals surface area contributed by atoms with Crippen molar-refractivity contribution < 1.29 is 27.6 Å². The number of fused-ring (bicyclic) bond motifs is 8. The molecule has 0 radical (unpaired) electrons. The summed E-state index contributed by atoms with van der Waals surface area (Å²) in [5.74, 6) is -2.37. The van der Waals surface area contributed by atoms with Gasteiger partial charge in [-0.25, -0.2) is 0 Å². The summed E-state index contributed by atoms with van der Waals surface area (Å²) in [6.07, 6.45) is -4.15. The summed E-state index contributed by atoms with van der Waals surface area (Å²) in [5.41, 5.74) is 1.93. The van der Waals surface area contributed by atoms with E-state index >= 15 is 0 Å². The molecule has 32 heavy (non-hydrogen) atoms. The Morgan fingerprint density at radius 3 is 2.34 bits per heavy atom. The Hall–Kier alpha value is -3.16. The van der Waals surface area contributed by atoms with Gasteiger partial charge in [0.1, 0.15) is 6.10 Å². The van der Waals surface area contributed by atoms with Crippen molar-refractivity contribution in [1.82, 2.24) is 0 Å². The molecule has 6 rings (SSSR count). The van der Waals surface area contributed by atoms with Crippen LogP contribution in [0.15, 0.2) is 53.7 Å². The number of carbonyl (C=O) groups excluding carboxylic acids is 2. The minimum atomic E-state index is -4.55. The van der Waals surface area contributed by atoms with E-state index in [-0.39, 0.29) is 29.5 Å². The van der Waals surface area contributed by atoms with Gasteiger partial charge in [0, 0.05) is 11.8 Å². The molecular formula is C24H19F3N2O3. The van der Waals surface area contributed by atoms with Crippen LogP contribution in [0.5, 0.6) is 0 Å². The van der Waals surface area contributed by atoms with Gasteiger partial charge in [-0.3, -0.25) is 14.5 Å². The fourth-order valence-corrected chi connectivity index (χ4v) is 6.16. The van der Waals surface area contributed by atoms with Gasteiger partial charge in [-0.15, -0.1) is 0 Å². The molecule has 164 valence electrons. The Labute approximate surface area is 181 Å². The van der Waals surface area contributed by atoms with Crippen LogP contribution in [-0.2, 0) is 20.6 Å². The van der Waals surface area contributed by atoms with Gasteiger partial charge < -0.3 is 4.84 Å². The first kappa shape index (κ1) is 19.5. The van der Waals surface area contributed by atoms with Gasteiger partial charge >= 0.3 is 6.18 Å². The smallest absolute Gasteiger partial charge is 0.391 e. The van der Waals surface area contributed by atoms with Crippen LogP contribution in [-0.4, -0.2) is 23.6 Å². The zero-order valence-corrected chi connectivity index (χ0v) is 17.0. The summed E-state index contributed by atoms with van der Waals surface area (Å²) in [7, 11) is 0. The van der Waals surface area contributed by atoms with Gasteiger partial charge in [0.2, 0.25) is 11.8 Å². The van der Waals surface area contributed by atoms with Crippen LogP contribution < -0.4 is 4.90 Å². The van der Waals surface area contributed by atoms with Gasteiger partial charge in [-0.2, -0.15) is 13.2 Å². The van der Waals surface area contributed by atoms with E-state index in [1.807, 2.05) is 31.2 Å². The zero-order chi connectivity index (χ0) is 22.4. The molecule has 0 aromatic heterocycles. The minimum absolute atomic E-state index is 0.0258. The van der Waals surface area contributed by atoms with Crippen LogP contribution in [0.25, 0.3) is 0 Å². The maximum Gasteiger partial charge on any atom is 0.416 e. The zero-order valence-electron chi connectivity index (χ0n) is 17.0. The second kappa shape index (κ2) is 6.43. The first-order chi connectivity index (χ1) is 15.3. The lowest BCUT2D eigenvalue weighted by Crippen LogP contribution is -2.41. The van der Waals surface area contributed by atoms with Gasteiger partial charge in [-0.05, 0) is 43.0 Å². The molecule has 2 aliphatic heterocycles. The molecule has 6 unspecified atom stereocenters. The Morgan fingerprint density at radius 2 is 1.66 bits per heavy atom. The number of carbonyl (C=O) groups is 2. The highest BCUT2D eigenvalue weighted by molar-refractivity contribution is 6.23. The number of aryl methyl sites for hydroxylation is 1. The van der Waals surface area contributed by atoms with Crippen LogP contribution in [0.4, 0.5) is 18.9 Å². The normalized spacial score (nSPS) is 32.8. The number of benzene rings is 2. The molecule has 3 fully saturated rings. The molecule has 2 aromatic rings. The van der Waals surface area contributed by atoms with Crippen molar-refractivity contribution in [2.75, 3.05) is 4.90 Å². The van der Waals surface area contributed by atoms with Crippen molar-refractivity contribution in [3.05, 3.63) is 65.2 Å². The monoisotopic (exact) mass is 440 g/mol. The Bertz CT molecular complexity index is 1170. The first-order valence-corrected chi connectivity index (χ1v) is 10.6. The molecule has 5 nitrogen and oxygen atoms in total. The van der Waals surface area contributed by atoms with Crippen molar-refractivity contribution in [3.63, 3.8) is 0 Å². The highest BCUT2D eigenvalue weighted by Gasteiger charge is 2.70. The molecule has 2 heterocycles. The van der Waals surface area contributed by atoms with E-state index in [2.05, 4.69) is 5.16 Å². The average Bonchev–Trinajstić information content (AvgIpc) is 3.48. The minimum Gasteiger partial charge on any atom is -0.391 e. The number of amides is 2. The van der Waals surface area contributed by atoms with Crippen LogP contribution in [0, 0.1) is 36.5 Å². The summed E-state index contributed by atoms with van der Waals surface area (Å²) in [6.45, 7) is 1.99. The molecule has 2 aliphatic carbocycles. The average molecular weight is 440 g/mol. The molecule has 6 atom stereocenters. The Kier molecular flexibility index (Phi) is 3.92. The van der Waals surface area contributed by atoms with Crippen molar-refractivity contribution in [1.29, 1.82) is 0 Å². The van der Waals surface area contributed by atoms with Crippen LogP contribution in [0.2, 0.25) is 0 Å². The number of halogens is 3. The standard InChI is InChI=1S/C24H19F3N2O3/c1-11-5-7-12(8-6-11)20-19-15-10-16(21(19)32-28-20)18-17(15)22(30)29(23(18)31)14-4-2-3-13(9-14)24(25,26)27/h2-9,15-19,21H,10H2,1H3. The number of nitrogens with zero attached hydrogens (tertiary/aromatic N) is 2. The molecule has 0 spiro atoms. The summed E-state index contributed by atoms with van der Waals surface area (Å²) in [5, 5.41) is 4.31. The van der Waals surface area contributed by atoms with Gasteiger partial charge in [0.05, 0.1) is 28.8 Å². The highest BCUT2D eigenvalue weighted by Crippen LogP contribution is 2.62. The third-order valence-corrected chi connectivity index (χ3v) is 7.47. The number of rotatable bonds is 2. The van der Waals surface area contributed by atoms with E-state index in [0.717, 1.165) is 33.9 Å². The molecule has 2 aromatic carbocycles. The highest BCUT2D eigenvalue weighted by atomic mass is 19.4. The van der Waals surface area contributed by atoms with E-state index in [4.69, 9.17) is 4.84 Å². The summed E-state index contributed by atoms with van der Waals surface area (Å²) >= 11 is 0. The SMILES string of the molecule is Cc1ccc(C2=NOC3C4CC(C23)C2C(=O)N(c3cccc(C(F)(F)F)c3)C(=O)C42)cc1. The van der Waals surface area contributed by atoms with Crippen molar-refractivity contribution in [2.45, 2.75) is 25.6 Å². The molecule has 1 saturated heterocycles. The predicted molar refractivity (Wildman–Crippen MR) is 109 cm³/mol. The van der Waals surface area contributed by atoms with Crippen LogP contribution in [0.1, 0.15) is 23.1 Å². The van der Waals surface area contributed by atoms with Crippen molar-refractivity contribution >= 4 is 23.2 Å². The predicted octanol–water partition coefficient (Wildman–Crippen LogP) is 4.19. The lowest BCUT2D eigenvalue weighted by atomic mass is 9.71. The maximum absolute atomic E-state index is 13.4. The fourth-order valence-electron chi connectivity index (χ4n) is 6.16. The lowest BCUT2D eigenvalue weighted by molar-refractivity contribution is -0.137. The molecule has 2 saturated carbocycles. The quantitative estimate of drug-likeness (QED) is 0.658. The molecule has 2 amide bonds. The molecule has 8 heteroatoms. The fraction of sp³-hybridized carbons (Fsp3) is 0.375. The molecule has 0 N–H and O–H groups in total.